The van der Waals surface area contributed by atoms with Crippen LogP contribution in [0.15, 0.2) is 17.2 Å². The quantitative estimate of drug-likeness (QED) is 0.479. The van der Waals surface area contributed by atoms with Gasteiger partial charge in [0.05, 0.1) is 19.8 Å². The Hall–Kier alpha value is -2.88. The third-order valence-electron chi connectivity index (χ3n) is 5.68. The van der Waals surface area contributed by atoms with Gasteiger partial charge in [0, 0.05) is 32.7 Å². The predicted octanol–water partition coefficient (Wildman–Crippen LogP) is 0.699. The topological polar surface area (TPSA) is 161 Å². The largest absolute Gasteiger partial charge is 0.459 e. The Morgan fingerprint density at radius 3 is 2.18 bits per heavy atom. The average Bonchev–Trinajstić information content (AvgIpc) is 2.82. The van der Waals surface area contributed by atoms with E-state index in [1.54, 1.807) is 46.4 Å². The number of morpholine rings is 1. The summed E-state index contributed by atoms with van der Waals surface area (Å²) in [5.74, 6) is -0.874. The maximum atomic E-state index is 13.1. The van der Waals surface area contributed by atoms with Crippen LogP contribution in [0.25, 0.3) is 0 Å². The van der Waals surface area contributed by atoms with Crippen molar-refractivity contribution in [3.05, 3.63) is 12.1 Å². The highest BCUT2D eigenvalue weighted by molar-refractivity contribution is 7.89. The summed E-state index contributed by atoms with van der Waals surface area (Å²) in [5, 5.41) is 10.0. The molecule has 2 fully saturated rings. The lowest BCUT2D eigenvalue weighted by Gasteiger charge is -2.34. The lowest BCUT2D eigenvalue weighted by Crippen LogP contribution is -2.54. The molecule has 2 saturated heterocycles. The first-order valence-corrected chi connectivity index (χ1v) is 14.2. The number of sulfonamides is 1. The Kier molecular flexibility index (Phi) is 9.51. The van der Waals surface area contributed by atoms with Gasteiger partial charge >= 0.3 is 12.1 Å². The van der Waals surface area contributed by atoms with Crippen molar-refractivity contribution in [1.82, 2.24) is 24.3 Å². The molecule has 14 nitrogen and oxygen atoms in total. The van der Waals surface area contributed by atoms with Crippen molar-refractivity contribution < 1.29 is 37.0 Å². The van der Waals surface area contributed by atoms with Crippen molar-refractivity contribution in [3.8, 4) is 0 Å². The van der Waals surface area contributed by atoms with E-state index < -0.39 is 45.2 Å². The van der Waals surface area contributed by atoms with E-state index in [0.717, 1.165) is 0 Å². The molecule has 15 heteroatoms. The average molecular weight is 571 g/mol. The van der Waals surface area contributed by atoms with E-state index in [1.807, 2.05) is 0 Å². The first kappa shape index (κ1) is 30.7. The van der Waals surface area contributed by atoms with Crippen molar-refractivity contribution in [2.75, 3.05) is 57.8 Å². The van der Waals surface area contributed by atoms with Gasteiger partial charge < -0.3 is 24.4 Å². The zero-order valence-electron chi connectivity index (χ0n) is 23.3. The number of nitrogens with zero attached hydrogens (tertiary/aromatic N) is 5. The molecule has 1 aromatic heterocycles. The Morgan fingerprint density at radius 1 is 0.974 bits per heavy atom. The lowest BCUT2D eigenvalue weighted by atomic mass is 10.2. The summed E-state index contributed by atoms with van der Waals surface area (Å²) >= 11 is 0. The molecule has 3 heterocycles. The third-order valence-corrected chi connectivity index (χ3v) is 7.47. The van der Waals surface area contributed by atoms with Crippen LogP contribution in [-0.4, -0.2) is 120 Å². The van der Waals surface area contributed by atoms with Crippen LogP contribution >= 0.6 is 0 Å². The van der Waals surface area contributed by atoms with E-state index in [9.17, 15) is 22.8 Å². The molecule has 0 saturated carbocycles. The first-order chi connectivity index (χ1) is 18.0. The number of carbonyl (C=O) groups is 3. The van der Waals surface area contributed by atoms with E-state index in [0.29, 0.717) is 13.2 Å². The van der Waals surface area contributed by atoms with Gasteiger partial charge in [0.25, 0.3) is 10.0 Å². The summed E-state index contributed by atoms with van der Waals surface area (Å²) in [6, 6.07) is 1.84. The van der Waals surface area contributed by atoms with Crippen molar-refractivity contribution in [2.45, 2.75) is 63.8 Å². The molecule has 2 amide bonds. The molecule has 0 aliphatic carbocycles. The molecule has 0 spiro atoms. The van der Waals surface area contributed by atoms with Crippen LogP contribution in [-0.2, 0) is 33.8 Å². The summed E-state index contributed by atoms with van der Waals surface area (Å²) in [6.07, 6.45) is -0.493. The molecule has 3 rings (SSSR count). The zero-order valence-corrected chi connectivity index (χ0v) is 24.1. The molecule has 0 bridgehead atoms. The fourth-order valence-electron chi connectivity index (χ4n) is 3.91. The second-order valence-electron chi connectivity index (χ2n) is 11.3. The van der Waals surface area contributed by atoms with Gasteiger partial charge in [-0.2, -0.15) is 4.31 Å². The number of ether oxygens (including phenoxy) is 3. The van der Waals surface area contributed by atoms with Crippen molar-refractivity contribution >= 4 is 33.8 Å². The third kappa shape index (κ3) is 8.81. The summed E-state index contributed by atoms with van der Waals surface area (Å²) in [7, 11) is -3.96. The minimum atomic E-state index is -3.96. The molecular formula is C24H38N6O8S. The smallest absolute Gasteiger partial charge is 0.410 e. The van der Waals surface area contributed by atoms with E-state index >= 15 is 0 Å². The highest BCUT2D eigenvalue weighted by atomic mass is 32.2. The van der Waals surface area contributed by atoms with E-state index in [4.69, 9.17) is 14.2 Å². The van der Waals surface area contributed by atoms with Gasteiger partial charge in [0.15, 0.2) is 10.8 Å². The van der Waals surface area contributed by atoms with Crippen LogP contribution in [0.5, 0.6) is 0 Å². The maximum Gasteiger partial charge on any atom is 0.410 e. The number of aromatic nitrogens is 2. The highest BCUT2D eigenvalue weighted by Gasteiger charge is 2.34. The molecule has 0 unspecified atom stereocenters. The molecule has 1 N–H and O–H groups in total. The number of piperazine rings is 1. The highest BCUT2D eigenvalue weighted by Crippen LogP contribution is 2.19. The zero-order chi connectivity index (χ0) is 29.0. The number of hydrogen-bond acceptors (Lipinski definition) is 11. The number of amides is 2. The van der Waals surface area contributed by atoms with Crippen LogP contribution in [0, 0.1) is 0 Å². The van der Waals surface area contributed by atoms with E-state index in [1.165, 1.54) is 21.3 Å². The minimum absolute atomic E-state index is 0.0523. The van der Waals surface area contributed by atoms with Crippen LogP contribution in [0.1, 0.15) is 41.5 Å². The van der Waals surface area contributed by atoms with E-state index in [2.05, 4.69) is 15.5 Å². The minimum Gasteiger partial charge on any atom is -0.459 e. The second-order valence-corrected chi connectivity index (χ2v) is 13.1. The van der Waals surface area contributed by atoms with Crippen LogP contribution in [0.4, 0.5) is 10.6 Å². The summed E-state index contributed by atoms with van der Waals surface area (Å²) in [5.41, 5.74) is -1.29. The van der Waals surface area contributed by atoms with Gasteiger partial charge in [-0.1, -0.05) is 0 Å². The van der Waals surface area contributed by atoms with Crippen molar-refractivity contribution in [2.24, 2.45) is 0 Å². The van der Waals surface area contributed by atoms with Gasteiger partial charge in [0.2, 0.25) is 5.91 Å². The second kappa shape index (κ2) is 12.1. The Balaban J connectivity index is 1.58. The Morgan fingerprint density at radius 2 is 1.62 bits per heavy atom. The number of hydrogen-bond donors (Lipinski definition) is 1. The van der Waals surface area contributed by atoms with Crippen LogP contribution in [0.3, 0.4) is 0 Å². The van der Waals surface area contributed by atoms with Gasteiger partial charge in [-0.15, -0.1) is 10.2 Å². The van der Waals surface area contributed by atoms with Gasteiger partial charge in [0.1, 0.15) is 17.2 Å². The van der Waals surface area contributed by atoms with Gasteiger partial charge in [-0.3, -0.25) is 14.5 Å². The normalized spacial score (nSPS) is 19.8. The summed E-state index contributed by atoms with van der Waals surface area (Å²) in [4.78, 5) is 40.6. The maximum absolute atomic E-state index is 13.1. The molecule has 0 aromatic carbocycles. The molecule has 1 atom stereocenters. The summed E-state index contributed by atoms with van der Waals surface area (Å²) in [6.45, 7) is 11.8. The van der Waals surface area contributed by atoms with Gasteiger partial charge in [-0.25, -0.2) is 13.2 Å². The lowest BCUT2D eigenvalue weighted by molar-refractivity contribution is -0.158. The fraction of sp³-hybridized carbons (Fsp3) is 0.708. The molecule has 218 valence electrons. The predicted molar refractivity (Wildman–Crippen MR) is 139 cm³/mol. The number of esters is 1. The molecule has 2 aliphatic rings. The first-order valence-electron chi connectivity index (χ1n) is 12.7. The fourth-order valence-corrected chi connectivity index (χ4v) is 5.20. The van der Waals surface area contributed by atoms with Crippen molar-refractivity contribution in [3.63, 3.8) is 0 Å². The Bertz CT molecular complexity index is 1140. The van der Waals surface area contributed by atoms with Gasteiger partial charge in [-0.05, 0) is 53.7 Å². The SMILES string of the molecule is CC(C)(C)OC(=O)CN1CCOC[C@@H]1C(=O)Nc1ccc(S(=O)(=O)N2CCN(C(=O)OC(C)(C)C)CC2)nn1. The number of nitrogens with one attached hydrogen (secondary N) is 1. The van der Waals surface area contributed by atoms with Crippen molar-refractivity contribution in [1.29, 1.82) is 0 Å². The number of rotatable bonds is 6. The molecule has 39 heavy (non-hydrogen) atoms. The summed E-state index contributed by atoms with van der Waals surface area (Å²) < 4.78 is 43.5. The Labute approximate surface area is 229 Å². The van der Waals surface area contributed by atoms with Crippen LogP contribution in [0.2, 0.25) is 0 Å². The monoisotopic (exact) mass is 570 g/mol. The molecule has 2 aliphatic heterocycles. The van der Waals surface area contributed by atoms with E-state index in [-0.39, 0.29) is 50.2 Å². The van der Waals surface area contributed by atoms with Crippen LogP contribution < -0.4 is 5.32 Å². The molecule has 1 aromatic rings. The standard InChI is InChI=1S/C24H38N6O8S/c1-23(2,3)37-20(31)15-29-13-14-36-16-17(29)21(32)25-18-7-8-19(27-26-18)39(34,35)30-11-9-28(10-12-30)22(33)38-24(4,5)6/h7-8,17H,9-16H2,1-6H3,(H,25,26,32)/t17-/m1/s1. The number of anilines is 1. The number of carbonyl (C=O) groups excluding carboxylic acids is 3. The molecule has 0 radical (unpaired) electrons. The molecular weight excluding hydrogens is 532 g/mol.